The van der Waals surface area contributed by atoms with Crippen LogP contribution in [0.2, 0.25) is 30.1 Å². The highest BCUT2D eigenvalue weighted by Crippen LogP contribution is 2.44. The number of hydrogen-bond acceptors (Lipinski definition) is 27. The molecule has 12 rings (SSSR count). The van der Waals surface area contributed by atoms with Gasteiger partial charge in [0.2, 0.25) is 15.4 Å². The molecule has 0 aliphatic carbocycles. The number of amides is 3. The SMILES string of the molecule is O=C(O)CCCCNC(=O)c1cc(-c2cc(Cl)ccc2Oc2cc(F)c(S(=O)(=O)Nc3ncns3)cc2Cl)ccn1.O=C(O)CCCNC(=O)c1cc(-c2cc(Cl)ccc2Oc2cc(F)c(S(=O)(=O)Nc3ncns3)cc2Cl)ccn1.O=C(O)CNC(=O)c1cc(-c2cc(Cl)ccc2Oc2cc(F)c(S(=O)(=O)Nc3ncns3)cc2Cl)ccn1. The van der Waals surface area contributed by atoms with E-state index in [2.05, 4.69) is 73.1 Å². The van der Waals surface area contributed by atoms with Crippen molar-refractivity contribution in [2.75, 3.05) is 33.8 Å². The molecule has 9 N–H and O–H groups in total. The van der Waals surface area contributed by atoms with Gasteiger partial charge in [-0.3, -0.25) is 57.9 Å². The van der Waals surface area contributed by atoms with Crippen molar-refractivity contribution in [1.29, 1.82) is 0 Å². The first-order valence-corrected chi connectivity index (χ1v) is 42.3. The summed E-state index contributed by atoms with van der Waals surface area (Å²) < 4.78 is 156. The Kier molecular flexibility index (Phi) is 30.7. The van der Waals surface area contributed by atoms with E-state index < -0.39 is 104 Å². The number of carboxylic acid groups (broad SMARTS) is 3. The fraction of sp³-hybridized carbons (Fsp3) is 0.113. The molecule has 33 nitrogen and oxygen atoms in total. The molecule has 3 amide bonds. The van der Waals surface area contributed by atoms with Crippen LogP contribution < -0.4 is 44.3 Å². The van der Waals surface area contributed by atoms with Crippen LogP contribution in [0.3, 0.4) is 0 Å². The monoisotopic (exact) mass is 1860 g/mol. The third-order valence-electron chi connectivity index (χ3n) is 15.3. The number of sulfonamides is 3. The van der Waals surface area contributed by atoms with E-state index >= 15 is 0 Å². The molecule has 0 bridgehead atoms. The number of nitrogens with one attached hydrogen (secondary N) is 6. The van der Waals surface area contributed by atoms with Gasteiger partial charge >= 0.3 is 17.9 Å². The number of carbonyl (C=O) groups is 6. The van der Waals surface area contributed by atoms with Crippen molar-refractivity contribution in [3.8, 4) is 67.9 Å². The molecule has 0 saturated carbocycles. The van der Waals surface area contributed by atoms with Crippen LogP contribution in [-0.4, -0.2) is 139 Å². The molecule has 0 radical (unpaired) electrons. The van der Waals surface area contributed by atoms with Crippen molar-refractivity contribution >= 4 is 185 Å². The van der Waals surface area contributed by atoms with E-state index in [4.69, 9.17) is 99.1 Å². The molecular formula is C71H52Cl6F3N15O18S6. The summed E-state index contributed by atoms with van der Waals surface area (Å²) in [5, 5.41) is 33.9. The van der Waals surface area contributed by atoms with Gasteiger partial charge in [-0.25, -0.2) is 53.4 Å². The number of halogens is 9. The standard InChI is InChI=1S/C25H20Cl2FN5O6S2.C24H18Cl2FN5O6S2.C22H14Cl2FN5O6S2/c26-15-4-5-20(16(10-15)14-6-8-29-19(9-14)24(36)30-7-2-1-3-23(34)35)39-21-12-18(28)22(11-17(21)27)41(37,38)33-25-31-13-32-40-25;25-14-3-4-19(15(9-14)13-5-7-28-18(8-13)23(35)29-6-1-2-22(33)34)38-20-11-17(27)21(10-16(20)26)40(36,37)32-24-30-12-31-39-24;23-12-1-2-17(13(6-12)11-3-4-26-16(5-11)21(33)27-9-20(31)32)36-18-8-15(25)19(7-14(18)24)38(34,35)30-22-28-10-29-37-22/h4-6,8-13H,1-3,7H2,(H,30,36)(H,34,35)(H,31,32,33);3-5,7-12H,1-2,6H2,(H,29,35)(H,33,34)(H,30,31,32);1-8,10H,9H2,(H,27,33)(H,31,32)(H,28,29,30). The average molecular weight is 1870 g/mol. The molecule has 119 heavy (non-hydrogen) atoms. The molecule has 0 aliphatic heterocycles. The number of aliphatic carboxylic acids is 3. The van der Waals surface area contributed by atoms with Crippen LogP contribution >= 0.6 is 104 Å². The highest BCUT2D eigenvalue weighted by atomic mass is 35.5. The van der Waals surface area contributed by atoms with Crippen LogP contribution in [0.15, 0.2) is 180 Å². The summed E-state index contributed by atoms with van der Waals surface area (Å²) >= 11 is 39.7. The predicted molar refractivity (Wildman–Crippen MR) is 434 cm³/mol. The van der Waals surface area contributed by atoms with Crippen molar-refractivity contribution in [3.05, 3.63) is 230 Å². The highest BCUT2D eigenvalue weighted by molar-refractivity contribution is 7.93. The van der Waals surface area contributed by atoms with Crippen LogP contribution in [0.5, 0.6) is 34.5 Å². The van der Waals surface area contributed by atoms with Crippen LogP contribution in [0.1, 0.15) is 63.6 Å². The number of pyridine rings is 3. The number of ether oxygens (including phenoxy) is 3. The molecular weight excluding hydrogens is 1810 g/mol. The first kappa shape index (κ1) is 89.8. The number of carboxylic acids is 3. The number of benzene rings is 6. The zero-order chi connectivity index (χ0) is 85.9. The minimum atomic E-state index is -4.36. The van der Waals surface area contributed by atoms with Gasteiger partial charge in [0.25, 0.3) is 47.8 Å². The number of hydrogen-bond donors (Lipinski definition) is 9. The molecule has 0 spiro atoms. The Morgan fingerprint density at radius 1 is 0.370 bits per heavy atom. The van der Waals surface area contributed by atoms with Crippen LogP contribution in [0.4, 0.5) is 28.6 Å². The second-order valence-corrected chi connectivity index (χ2v) is 33.5. The molecule has 0 fully saturated rings. The van der Waals surface area contributed by atoms with Crippen molar-refractivity contribution in [1.82, 2.24) is 59.0 Å². The largest absolute Gasteiger partial charge is 0.481 e. The van der Waals surface area contributed by atoms with Crippen molar-refractivity contribution < 1.29 is 96.7 Å². The van der Waals surface area contributed by atoms with Crippen molar-refractivity contribution in [3.63, 3.8) is 0 Å². The van der Waals surface area contributed by atoms with Gasteiger partial charge in [-0.05, 0) is 145 Å². The Labute approximate surface area is 713 Å². The summed E-state index contributed by atoms with van der Waals surface area (Å²) in [5.74, 6) is -8.23. The lowest BCUT2D eigenvalue weighted by Gasteiger charge is -2.15. The number of aromatic nitrogens is 9. The second-order valence-electron chi connectivity index (χ2n) is 23.6. The Morgan fingerprint density at radius 3 is 0.983 bits per heavy atom. The Hall–Kier alpha value is -11.6. The smallest absolute Gasteiger partial charge is 0.322 e. The van der Waals surface area contributed by atoms with Crippen molar-refractivity contribution in [2.45, 2.75) is 46.8 Å². The van der Waals surface area contributed by atoms with E-state index in [0.29, 0.717) is 61.3 Å². The molecule has 6 heterocycles. The Balaban J connectivity index is 0.000000188. The Morgan fingerprint density at radius 2 is 0.681 bits per heavy atom. The fourth-order valence-electron chi connectivity index (χ4n) is 9.99. The lowest BCUT2D eigenvalue weighted by molar-refractivity contribution is -0.138. The quantitative estimate of drug-likeness (QED) is 0.0177. The zero-order valence-electron chi connectivity index (χ0n) is 59.6. The van der Waals surface area contributed by atoms with Gasteiger partial charge in [-0.1, -0.05) is 69.6 Å². The van der Waals surface area contributed by atoms with Gasteiger partial charge in [-0.2, -0.15) is 13.1 Å². The maximum Gasteiger partial charge on any atom is 0.322 e. The highest BCUT2D eigenvalue weighted by Gasteiger charge is 2.29. The van der Waals surface area contributed by atoms with E-state index in [0.717, 1.165) is 90.0 Å². The number of carbonyl (C=O) groups excluding carboxylic acids is 3. The van der Waals surface area contributed by atoms with E-state index in [1.54, 1.807) is 30.3 Å². The zero-order valence-corrected chi connectivity index (χ0v) is 69.0. The molecule has 0 unspecified atom stereocenters. The summed E-state index contributed by atoms with van der Waals surface area (Å²) in [6.07, 6.45) is 8.64. The van der Waals surface area contributed by atoms with Crippen molar-refractivity contribution in [2.24, 2.45) is 0 Å². The lowest BCUT2D eigenvalue weighted by atomic mass is 10.0. The summed E-state index contributed by atoms with van der Waals surface area (Å²) in [7, 11) is -13.1. The number of rotatable bonds is 32. The minimum absolute atomic E-state index is 0.00877. The van der Waals surface area contributed by atoms with Crippen LogP contribution in [0.25, 0.3) is 33.4 Å². The van der Waals surface area contributed by atoms with E-state index in [-0.39, 0.29) is 114 Å². The molecule has 0 aliphatic rings. The first-order valence-electron chi connectivity index (χ1n) is 33.3. The molecule has 0 saturated heterocycles. The predicted octanol–water partition coefficient (Wildman–Crippen LogP) is 15.3. The number of nitrogens with zero attached hydrogens (tertiary/aromatic N) is 9. The molecule has 6 aromatic heterocycles. The normalized spacial score (nSPS) is 11.2. The molecule has 48 heteroatoms. The van der Waals surface area contributed by atoms with Gasteiger partial charge in [0.1, 0.15) is 109 Å². The molecule has 12 aromatic rings. The average Bonchev–Trinajstić information content (AvgIpc) is 1.59. The van der Waals surface area contributed by atoms with Gasteiger partial charge in [0, 0.05) is 129 Å². The summed E-state index contributed by atoms with van der Waals surface area (Å²) in [5.41, 5.74) is 2.63. The summed E-state index contributed by atoms with van der Waals surface area (Å²) in [4.78, 5) is 90.4. The van der Waals surface area contributed by atoms with Gasteiger partial charge in [0.05, 0.1) is 15.1 Å². The number of anilines is 3. The molecule has 0 atom stereocenters. The van der Waals surface area contributed by atoms with E-state index in [9.17, 15) is 67.2 Å². The Bertz CT molecular complexity index is 6170. The van der Waals surface area contributed by atoms with Crippen LogP contribution in [0, 0.1) is 17.5 Å². The third-order valence-corrected chi connectivity index (χ3v) is 23.1. The summed E-state index contributed by atoms with van der Waals surface area (Å²) in [6.45, 7) is -0.174. The maximum atomic E-state index is 15.0. The second kappa shape index (κ2) is 40.7. The van der Waals surface area contributed by atoms with Gasteiger partial charge in [-0.15, -0.1) is 0 Å². The molecule has 6 aromatic carbocycles. The lowest BCUT2D eigenvalue weighted by Crippen LogP contribution is -2.29. The fourth-order valence-corrected chi connectivity index (χ4v) is 16.6. The maximum absolute atomic E-state index is 15.0. The minimum Gasteiger partial charge on any atom is -0.481 e. The van der Waals surface area contributed by atoms with Crippen LogP contribution in [-0.2, 0) is 44.5 Å². The van der Waals surface area contributed by atoms with Gasteiger partial charge < -0.3 is 45.5 Å². The van der Waals surface area contributed by atoms with Gasteiger partial charge in [0.15, 0.2) is 0 Å². The summed E-state index contributed by atoms with van der Waals surface area (Å²) in [6, 6.07) is 28.0. The number of unbranched alkanes of at least 4 members (excludes halogenated alkanes) is 1. The first-order chi connectivity index (χ1) is 56.6. The van der Waals surface area contributed by atoms with E-state index in [1.807, 2.05) is 0 Å². The molecule has 618 valence electrons. The van der Waals surface area contributed by atoms with E-state index in [1.165, 1.54) is 79.3 Å². The topological polar surface area (TPSA) is 481 Å². The third kappa shape index (κ3) is 25.0.